The van der Waals surface area contributed by atoms with Gasteiger partial charge in [-0.25, -0.2) is 8.42 Å². The van der Waals surface area contributed by atoms with Crippen LogP contribution in [0.4, 0.5) is 5.69 Å². The van der Waals surface area contributed by atoms with Gasteiger partial charge in [0.2, 0.25) is 11.8 Å². The highest BCUT2D eigenvalue weighted by molar-refractivity contribution is 9.10. The highest BCUT2D eigenvalue weighted by atomic mass is 79.9. The second-order valence-corrected chi connectivity index (χ2v) is 12.3. The molecule has 0 aliphatic heterocycles. The van der Waals surface area contributed by atoms with E-state index in [-0.39, 0.29) is 23.8 Å². The van der Waals surface area contributed by atoms with Gasteiger partial charge in [-0.15, -0.1) is 0 Å². The summed E-state index contributed by atoms with van der Waals surface area (Å²) in [6.45, 7) is -0.467. The van der Waals surface area contributed by atoms with Crippen molar-refractivity contribution in [2.45, 2.75) is 23.9 Å². The van der Waals surface area contributed by atoms with E-state index in [4.69, 9.17) is 4.74 Å². The average molecular weight is 651 g/mol. The Morgan fingerprint density at radius 3 is 2.10 bits per heavy atom. The van der Waals surface area contributed by atoms with Crippen LogP contribution >= 0.6 is 15.9 Å². The van der Waals surface area contributed by atoms with Crippen molar-refractivity contribution in [3.63, 3.8) is 0 Å². The number of likely N-dealkylation sites (N-methyl/N-ethyl adjacent to an activating group) is 1. The van der Waals surface area contributed by atoms with Crippen LogP contribution in [0.25, 0.3) is 0 Å². The maximum absolute atomic E-state index is 14.3. The van der Waals surface area contributed by atoms with E-state index < -0.39 is 28.5 Å². The Hall–Kier alpha value is -4.15. The third-order valence-corrected chi connectivity index (χ3v) is 9.05. The molecule has 0 aliphatic carbocycles. The predicted octanol–water partition coefficient (Wildman–Crippen LogP) is 5.04. The topological polar surface area (TPSA) is 96.0 Å². The van der Waals surface area contributed by atoms with E-state index >= 15 is 0 Å². The number of nitrogens with one attached hydrogen (secondary N) is 1. The van der Waals surface area contributed by atoms with Gasteiger partial charge in [0.05, 0.1) is 17.7 Å². The fraction of sp³-hybridized carbons (Fsp3) is 0.188. The lowest BCUT2D eigenvalue weighted by atomic mass is 10.0. The van der Waals surface area contributed by atoms with E-state index in [2.05, 4.69) is 21.2 Å². The Morgan fingerprint density at radius 1 is 0.857 bits per heavy atom. The van der Waals surface area contributed by atoms with Gasteiger partial charge in [0.15, 0.2) is 0 Å². The Balaban J connectivity index is 1.78. The molecule has 0 fully saturated rings. The Labute approximate surface area is 255 Å². The molecule has 8 nitrogen and oxygen atoms in total. The third kappa shape index (κ3) is 7.57. The number of halogens is 1. The minimum Gasteiger partial charge on any atom is -0.497 e. The van der Waals surface area contributed by atoms with Crippen molar-refractivity contribution in [1.29, 1.82) is 0 Å². The van der Waals surface area contributed by atoms with Gasteiger partial charge in [0.25, 0.3) is 10.0 Å². The summed E-state index contributed by atoms with van der Waals surface area (Å²) in [5, 5.41) is 2.68. The van der Waals surface area contributed by atoms with Crippen molar-refractivity contribution in [3.05, 3.63) is 125 Å². The number of nitrogens with zero attached hydrogens (tertiary/aromatic N) is 2. The number of hydrogen-bond donors (Lipinski definition) is 1. The zero-order valence-electron chi connectivity index (χ0n) is 23.3. The number of carbonyl (C=O) groups is 2. The highest BCUT2D eigenvalue weighted by Gasteiger charge is 2.34. The van der Waals surface area contributed by atoms with Crippen LogP contribution in [0, 0.1) is 0 Å². The second kappa shape index (κ2) is 14.2. The molecule has 0 radical (unpaired) electrons. The molecule has 0 heterocycles. The predicted molar refractivity (Wildman–Crippen MR) is 167 cm³/mol. The summed E-state index contributed by atoms with van der Waals surface area (Å²) >= 11 is 3.39. The number of anilines is 1. The smallest absolute Gasteiger partial charge is 0.264 e. The summed E-state index contributed by atoms with van der Waals surface area (Å²) in [6.07, 6.45) is 0.236. The quantitative estimate of drug-likeness (QED) is 0.232. The first-order valence-electron chi connectivity index (χ1n) is 13.2. The summed E-state index contributed by atoms with van der Waals surface area (Å²) in [6, 6.07) is 30.3. The van der Waals surface area contributed by atoms with Crippen molar-refractivity contribution >= 4 is 43.5 Å². The summed E-state index contributed by atoms with van der Waals surface area (Å²) in [7, 11) is -1.07. The normalized spacial score (nSPS) is 11.8. The van der Waals surface area contributed by atoms with E-state index in [1.807, 2.05) is 36.4 Å². The van der Waals surface area contributed by atoms with Crippen LogP contribution in [0.15, 0.2) is 119 Å². The molecule has 42 heavy (non-hydrogen) atoms. The lowest BCUT2D eigenvalue weighted by Gasteiger charge is -2.33. The van der Waals surface area contributed by atoms with Crippen LogP contribution in [0.3, 0.4) is 0 Å². The number of sulfonamides is 1. The monoisotopic (exact) mass is 649 g/mol. The van der Waals surface area contributed by atoms with Crippen LogP contribution in [-0.2, 0) is 32.6 Å². The molecule has 0 saturated heterocycles. The number of hydrogen-bond acceptors (Lipinski definition) is 5. The van der Waals surface area contributed by atoms with Gasteiger partial charge < -0.3 is 15.0 Å². The van der Waals surface area contributed by atoms with Crippen molar-refractivity contribution < 1.29 is 22.7 Å². The number of carbonyl (C=O) groups excluding carboxylic acids is 2. The largest absolute Gasteiger partial charge is 0.497 e. The lowest BCUT2D eigenvalue weighted by Crippen LogP contribution is -2.53. The van der Waals surface area contributed by atoms with Crippen LogP contribution in [0.5, 0.6) is 5.75 Å². The molecule has 1 atom stereocenters. The molecule has 10 heteroatoms. The molecule has 0 aliphatic rings. The van der Waals surface area contributed by atoms with Gasteiger partial charge in [0.1, 0.15) is 18.3 Å². The van der Waals surface area contributed by atoms with Gasteiger partial charge in [0, 0.05) is 24.5 Å². The number of ether oxygens (including phenoxy) is 1. The van der Waals surface area contributed by atoms with Gasteiger partial charge in [-0.1, -0.05) is 76.6 Å². The second-order valence-electron chi connectivity index (χ2n) is 9.49. The van der Waals surface area contributed by atoms with Crippen LogP contribution in [-0.4, -0.2) is 51.9 Å². The Morgan fingerprint density at radius 2 is 1.48 bits per heavy atom. The number of rotatable bonds is 12. The molecule has 4 aromatic carbocycles. The number of methoxy groups -OCH3 is 1. The molecule has 0 saturated carbocycles. The van der Waals surface area contributed by atoms with Gasteiger partial charge in [-0.05, 0) is 59.7 Å². The minimum absolute atomic E-state index is 0.0483. The van der Waals surface area contributed by atoms with Gasteiger partial charge >= 0.3 is 0 Å². The van der Waals surface area contributed by atoms with Crippen LogP contribution < -0.4 is 14.4 Å². The first-order valence-corrected chi connectivity index (χ1v) is 15.5. The van der Waals surface area contributed by atoms with E-state index in [9.17, 15) is 18.0 Å². The van der Waals surface area contributed by atoms with Gasteiger partial charge in [-0.2, -0.15) is 0 Å². The summed E-state index contributed by atoms with van der Waals surface area (Å²) in [4.78, 5) is 29.1. The molecule has 0 bridgehead atoms. The molecule has 0 aromatic heterocycles. The standard InChI is InChI=1S/C32H32BrN3O5S/c1-34-32(38)30(21-24-10-5-3-6-11-24)35(22-25-12-9-13-28(20-25)41-2)31(37)23-36(27-18-16-26(33)17-19-27)42(39,40)29-14-7-4-8-15-29/h3-20,30H,21-23H2,1-2H3,(H,34,38)/t30-/m0/s1. The highest BCUT2D eigenvalue weighted by Crippen LogP contribution is 2.26. The summed E-state index contributed by atoms with van der Waals surface area (Å²) < 4.78 is 35.0. The van der Waals surface area contributed by atoms with Crippen LogP contribution in [0.1, 0.15) is 11.1 Å². The summed E-state index contributed by atoms with van der Waals surface area (Å²) in [5.41, 5.74) is 1.90. The van der Waals surface area contributed by atoms with E-state index in [0.29, 0.717) is 11.4 Å². The molecule has 0 unspecified atom stereocenters. The molecule has 4 aromatic rings. The molecule has 2 amide bonds. The molecular formula is C32H32BrN3O5S. The fourth-order valence-electron chi connectivity index (χ4n) is 4.54. The van der Waals surface area contributed by atoms with E-state index in [0.717, 1.165) is 19.9 Å². The minimum atomic E-state index is -4.14. The van der Waals surface area contributed by atoms with Crippen molar-refractivity contribution in [2.75, 3.05) is 25.0 Å². The molecule has 4 rings (SSSR count). The van der Waals surface area contributed by atoms with E-state index in [1.165, 1.54) is 24.1 Å². The zero-order valence-corrected chi connectivity index (χ0v) is 25.7. The first kappa shape index (κ1) is 30.8. The Bertz CT molecular complexity index is 1600. The van der Waals surface area contributed by atoms with Crippen molar-refractivity contribution in [1.82, 2.24) is 10.2 Å². The number of benzene rings is 4. The SMILES string of the molecule is CNC(=O)[C@H](Cc1ccccc1)N(Cc1cccc(OC)c1)C(=O)CN(c1ccc(Br)cc1)S(=O)(=O)c1ccccc1. The Kier molecular flexibility index (Phi) is 10.4. The average Bonchev–Trinajstić information content (AvgIpc) is 3.02. The molecular weight excluding hydrogens is 618 g/mol. The zero-order chi connectivity index (χ0) is 30.1. The maximum Gasteiger partial charge on any atom is 0.264 e. The first-order chi connectivity index (χ1) is 20.2. The van der Waals surface area contributed by atoms with E-state index in [1.54, 1.807) is 67.8 Å². The number of amides is 2. The summed E-state index contributed by atoms with van der Waals surface area (Å²) in [5.74, 6) is -0.302. The fourth-order valence-corrected chi connectivity index (χ4v) is 6.24. The molecule has 1 N–H and O–H groups in total. The molecule has 0 spiro atoms. The van der Waals surface area contributed by atoms with Crippen LogP contribution in [0.2, 0.25) is 0 Å². The third-order valence-electron chi connectivity index (χ3n) is 6.73. The van der Waals surface area contributed by atoms with Gasteiger partial charge in [-0.3, -0.25) is 13.9 Å². The lowest BCUT2D eigenvalue weighted by molar-refractivity contribution is -0.139. The maximum atomic E-state index is 14.3. The molecule has 218 valence electrons. The van der Waals surface area contributed by atoms with Crippen molar-refractivity contribution in [3.8, 4) is 5.75 Å². The van der Waals surface area contributed by atoms with Crippen molar-refractivity contribution in [2.24, 2.45) is 0 Å².